The highest BCUT2D eigenvalue weighted by molar-refractivity contribution is 6.01. The van der Waals surface area contributed by atoms with E-state index in [0.717, 1.165) is 17.5 Å². The van der Waals surface area contributed by atoms with Crippen LogP contribution in [0.3, 0.4) is 0 Å². The number of fused-ring (bicyclic) bond motifs is 1. The van der Waals surface area contributed by atoms with E-state index in [-0.39, 0.29) is 11.8 Å². The second-order valence-corrected chi connectivity index (χ2v) is 7.51. The minimum atomic E-state index is -0.588. The van der Waals surface area contributed by atoms with Gasteiger partial charge in [0, 0.05) is 12.0 Å². The van der Waals surface area contributed by atoms with Crippen molar-refractivity contribution < 1.29 is 14.3 Å². The first-order chi connectivity index (χ1) is 12.3. The van der Waals surface area contributed by atoms with Crippen molar-refractivity contribution in [3.8, 4) is 5.75 Å². The summed E-state index contributed by atoms with van der Waals surface area (Å²) in [6.07, 6.45) is 0.793. The molecule has 2 aromatic rings. The Balaban J connectivity index is 1.89. The van der Waals surface area contributed by atoms with Crippen molar-refractivity contribution >= 4 is 11.8 Å². The van der Waals surface area contributed by atoms with Crippen molar-refractivity contribution in [3.05, 3.63) is 64.7 Å². The number of hydrogen-bond acceptors (Lipinski definition) is 3. The van der Waals surface area contributed by atoms with Gasteiger partial charge in [-0.15, -0.1) is 0 Å². The lowest BCUT2D eigenvalue weighted by Crippen LogP contribution is -2.55. The number of benzene rings is 2. The molecule has 0 saturated carbocycles. The maximum absolute atomic E-state index is 13.0. The van der Waals surface area contributed by atoms with Gasteiger partial charge < -0.3 is 4.74 Å². The fourth-order valence-corrected chi connectivity index (χ4v) is 2.99. The normalized spacial score (nSPS) is 12.9. The Morgan fingerprint density at radius 3 is 2.54 bits per heavy atom. The number of nitrogens with zero attached hydrogens (tertiary/aromatic N) is 1. The maximum Gasteiger partial charge on any atom is 0.273 e. The van der Waals surface area contributed by atoms with E-state index < -0.39 is 5.54 Å². The number of rotatable bonds is 2. The monoisotopic (exact) mass is 352 g/mol. The van der Waals surface area contributed by atoms with E-state index in [0.29, 0.717) is 23.5 Å². The second-order valence-electron chi connectivity index (χ2n) is 7.51. The summed E-state index contributed by atoms with van der Waals surface area (Å²) in [5.41, 5.74) is 5.19. The van der Waals surface area contributed by atoms with E-state index in [4.69, 9.17) is 4.74 Å². The van der Waals surface area contributed by atoms with Gasteiger partial charge >= 0.3 is 0 Å². The molecular formula is C21H24N2O3. The highest BCUT2D eigenvalue weighted by atomic mass is 16.5. The van der Waals surface area contributed by atoms with Gasteiger partial charge in [-0.1, -0.05) is 29.8 Å². The molecule has 1 aliphatic heterocycles. The summed E-state index contributed by atoms with van der Waals surface area (Å²) in [4.78, 5) is 25.9. The first-order valence-corrected chi connectivity index (χ1v) is 8.74. The Morgan fingerprint density at radius 2 is 1.85 bits per heavy atom. The lowest BCUT2D eigenvalue weighted by atomic mass is 10.0. The van der Waals surface area contributed by atoms with Gasteiger partial charge in [0.25, 0.3) is 11.8 Å². The molecule has 1 heterocycles. The molecule has 0 fully saturated rings. The molecule has 3 rings (SSSR count). The molecule has 26 heavy (non-hydrogen) atoms. The van der Waals surface area contributed by atoms with Gasteiger partial charge in [0.15, 0.2) is 0 Å². The number of carbonyl (C=O) groups excluding carboxylic acids is 2. The predicted octanol–water partition coefficient (Wildman–Crippen LogP) is 3.52. The average molecular weight is 352 g/mol. The third-order valence-electron chi connectivity index (χ3n) is 4.31. The van der Waals surface area contributed by atoms with Crippen molar-refractivity contribution in [3.63, 3.8) is 0 Å². The average Bonchev–Trinajstić information content (AvgIpc) is 3.06. The molecule has 5 heteroatoms. The molecule has 0 aliphatic carbocycles. The van der Waals surface area contributed by atoms with E-state index in [1.807, 2.05) is 58.0 Å². The van der Waals surface area contributed by atoms with Crippen LogP contribution in [0.2, 0.25) is 0 Å². The third kappa shape index (κ3) is 3.57. The number of hydrogen-bond donors (Lipinski definition) is 1. The first kappa shape index (κ1) is 18.0. The Morgan fingerprint density at radius 1 is 1.12 bits per heavy atom. The maximum atomic E-state index is 13.0. The molecular weight excluding hydrogens is 328 g/mol. The molecule has 2 amide bonds. The van der Waals surface area contributed by atoms with Crippen molar-refractivity contribution in [1.82, 2.24) is 10.4 Å². The quantitative estimate of drug-likeness (QED) is 0.842. The lowest BCUT2D eigenvalue weighted by molar-refractivity contribution is 0.0357. The van der Waals surface area contributed by atoms with Crippen LogP contribution in [-0.2, 0) is 6.42 Å². The molecule has 0 unspecified atom stereocenters. The first-order valence-electron chi connectivity index (χ1n) is 8.74. The van der Waals surface area contributed by atoms with E-state index in [2.05, 4.69) is 5.43 Å². The van der Waals surface area contributed by atoms with Gasteiger partial charge in [0.2, 0.25) is 0 Å². The predicted molar refractivity (Wildman–Crippen MR) is 100 cm³/mol. The number of amides is 2. The van der Waals surface area contributed by atoms with E-state index in [9.17, 15) is 9.59 Å². The lowest BCUT2D eigenvalue weighted by Gasteiger charge is -2.35. The Hall–Kier alpha value is -2.82. The number of ether oxygens (including phenoxy) is 1. The number of para-hydroxylation sites is 1. The number of carbonyl (C=O) groups is 2. The molecule has 0 atom stereocenters. The molecule has 2 aromatic carbocycles. The summed E-state index contributed by atoms with van der Waals surface area (Å²) in [7, 11) is 0. The fraction of sp³-hybridized carbons (Fsp3) is 0.333. The van der Waals surface area contributed by atoms with Gasteiger partial charge in [-0.25, -0.2) is 5.01 Å². The Bertz CT molecular complexity index is 853. The molecule has 1 N–H and O–H groups in total. The highest BCUT2D eigenvalue weighted by Gasteiger charge is 2.31. The van der Waals surface area contributed by atoms with Crippen molar-refractivity contribution in [2.75, 3.05) is 6.61 Å². The number of aryl methyl sites for hydroxylation is 1. The second kappa shape index (κ2) is 6.83. The van der Waals surface area contributed by atoms with Crippen LogP contribution in [-0.4, -0.2) is 29.0 Å². The summed E-state index contributed by atoms with van der Waals surface area (Å²) in [6.45, 7) is 8.15. The largest absolute Gasteiger partial charge is 0.492 e. The zero-order valence-corrected chi connectivity index (χ0v) is 15.6. The minimum absolute atomic E-state index is 0.247. The molecule has 0 saturated heterocycles. The zero-order chi connectivity index (χ0) is 18.9. The van der Waals surface area contributed by atoms with Crippen LogP contribution in [0.25, 0.3) is 0 Å². The van der Waals surface area contributed by atoms with E-state index in [1.54, 1.807) is 12.1 Å². The highest BCUT2D eigenvalue weighted by Crippen LogP contribution is 2.29. The zero-order valence-electron chi connectivity index (χ0n) is 15.6. The van der Waals surface area contributed by atoms with Crippen molar-refractivity contribution in [2.24, 2.45) is 0 Å². The van der Waals surface area contributed by atoms with E-state index >= 15 is 0 Å². The standard InChI is InChI=1S/C21H24N2O3/c1-14-7-5-9-16(13-14)20(25)23(21(2,3)4)22-19(24)17-10-6-8-15-11-12-26-18(15)17/h5-10,13H,11-12H2,1-4H3,(H,22,24). The van der Waals surface area contributed by atoms with Crippen LogP contribution in [0.5, 0.6) is 5.75 Å². The van der Waals surface area contributed by atoms with Gasteiger partial charge in [-0.2, -0.15) is 0 Å². The molecule has 1 aliphatic rings. The summed E-state index contributed by atoms with van der Waals surface area (Å²) in [5, 5.41) is 1.39. The summed E-state index contributed by atoms with van der Waals surface area (Å²) in [5.74, 6) is 0.0181. The van der Waals surface area contributed by atoms with E-state index in [1.165, 1.54) is 5.01 Å². The van der Waals surface area contributed by atoms with Crippen molar-refractivity contribution in [1.29, 1.82) is 0 Å². The molecule has 136 valence electrons. The van der Waals surface area contributed by atoms with Gasteiger partial charge in [-0.05, 0) is 51.5 Å². The van der Waals surface area contributed by atoms with Crippen LogP contribution in [0.15, 0.2) is 42.5 Å². The van der Waals surface area contributed by atoms with Gasteiger partial charge in [0.1, 0.15) is 5.75 Å². The minimum Gasteiger partial charge on any atom is -0.492 e. The summed E-state index contributed by atoms with van der Waals surface area (Å²) >= 11 is 0. The fourth-order valence-electron chi connectivity index (χ4n) is 2.99. The van der Waals surface area contributed by atoms with Crippen molar-refractivity contribution in [2.45, 2.75) is 39.7 Å². The molecule has 0 aromatic heterocycles. The van der Waals surface area contributed by atoms with Crippen LogP contribution in [0.1, 0.15) is 52.6 Å². The van der Waals surface area contributed by atoms with Crippen LogP contribution in [0, 0.1) is 6.92 Å². The molecule has 5 nitrogen and oxygen atoms in total. The van der Waals surface area contributed by atoms with Crippen LogP contribution >= 0.6 is 0 Å². The molecule has 0 radical (unpaired) electrons. The smallest absolute Gasteiger partial charge is 0.273 e. The van der Waals surface area contributed by atoms with Crippen LogP contribution in [0.4, 0.5) is 0 Å². The third-order valence-corrected chi connectivity index (χ3v) is 4.31. The number of hydrazine groups is 1. The molecule has 0 spiro atoms. The Kier molecular flexibility index (Phi) is 4.72. The number of nitrogens with one attached hydrogen (secondary N) is 1. The molecule has 0 bridgehead atoms. The topological polar surface area (TPSA) is 58.6 Å². The summed E-state index contributed by atoms with van der Waals surface area (Å²) in [6, 6.07) is 12.9. The van der Waals surface area contributed by atoms with Gasteiger partial charge in [0.05, 0.1) is 17.7 Å². The SMILES string of the molecule is Cc1cccc(C(=O)N(NC(=O)c2cccc3c2OCC3)C(C)(C)C)c1. The van der Waals surface area contributed by atoms with Crippen LogP contribution < -0.4 is 10.2 Å². The van der Waals surface area contributed by atoms with Gasteiger partial charge in [-0.3, -0.25) is 15.0 Å². The Labute approximate surface area is 153 Å². The summed E-state index contributed by atoms with van der Waals surface area (Å²) < 4.78 is 5.61.